The van der Waals surface area contributed by atoms with Crippen LogP contribution in [0.15, 0.2) is 18.3 Å². The molecule has 0 bridgehead atoms. The third kappa shape index (κ3) is 5.22. The van der Waals surface area contributed by atoms with E-state index >= 15 is 0 Å². The van der Waals surface area contributed by atoms with Crippen molar-refractivity contribution in [3.63, 3.8) is 0 Å². The second-order valence-corrected chi connectivity index (χ2v) is 3.69. The number of rotatable bonds is 6. The van der Waals surface area contributed by atoms with Crippen molar-refractivity contribution in [2.24, 2.45) is 0 Å². The van der Waals surface area contributed by atoms with E-state index in [1.54, 1.807) is 0 Å². The molecule has 0 aromatic carbocycles. The maximum Gasteiger partial charge on any atom is 0.573 e. The average Bonchev–Trinajstić information content (AvgIpc) is 2.29. The molecule has 0 aliphatic heterocycles. The van der Waals surface area contributed by atoms with Gasteiger partial charge in [-0.1, -0.05) is 6.92 Å². The second-order valence-electron chi connectivity index (χ2n) is 3.69. The lowest BCUT2D eigenvalue weighted by molar-refractivity contribution is -0.274. The Morgan fingerprint density at radius 2 is 2.17 bits per heavy atom. The van der Waals surface area contributed by atoms with Gasteiger partial charge in [0.1, 0.15) is 11.6 Å². The van der Waals surface area contributed by atoms with Gasteiger partial charge in [-0.25, -0.2) is 4.98 Å². The van der Waals surface area contributed by atoms with Crippen LogP contribution in [-0.2, 0) is 0 Å². The molecule has 102 valence electrons. The molecule has 1 heterocycles. The summed E-state index contributed by atoms with van der Waals surface area (Å²) >= 11 is 0. The van der Waals surface area contributed by atoms with Crippen molar-refractivity contribution in [1.82, 2.24) is 4.98 Å². The standard InChI is InChI=1S/C11H15F3N2O2/c1-2-8(5-6-17)16-10-4-3-9(7-15-10)18-11(12,13)14/h3-4,7-8,17H,2,5-6H2,1H3,(H,15,16). The summed E-state index contributed by atoms with van der Waals surface area (Å²) in [5.41, 5.74) is 0. The number of nitrogens with zero attached hydrogens (tertiary/aromatic N) is 1. The summed E-state index contributed by atoms with van der Waals surface area (Å²) in [7, 11) is 0. The SMILES string of the molecule is CCC(CCO)Nc1ccc(OC(F)(F)F)cn1. The van der Waals surface area contributed by atoms with Crippen LogP contribution in [-0.4, -0.2) is 29.1 Å². The van der Waals surface area contributed by atoms with Crippen molar-refractivity contribution in [2.45, 2.75) is 32.2 Å². The number of hydrogen-bond donors (Lipinski definition) is 2. The van der Waals surface area contributed by atoms with Crippen LogP contribution < -0.4 is 10.1 Å². The topological polar surface area (TPSA) is 54.4 Å². The van der Waals surface area contributed by atoms with E-state index in [9.17, 15) is 13.2 Å². The highest BCUT2D eigenvalue weighted by atomic mass is 19.4. The fourth-order valence-electron chi connectivity index (χ4n) is 1.40. The van der Waals surface area contributed by atoms with Crippen molar-refractivity contribution < 1.29 is 23.0 Å². The Balaban J connectivity index is 2.59. The van der Waals surface area contributed by atoms with E-state index in [0.717, 1.165) is 12.6 Å². The highest BCUT2D eigenvalue weighted by Gasteiger charge is 2.31. The lowest BCUT2D eigenvalue weighted by Gasteiger charge is -2.16. The number of pyridine rings is 1. The Bertz CT molecular complexity index is 354. The zero-order chi connectivity index (χ0) is 13.6. The van der Waals surface area contributed by atoms with Crippen LogP contribution >= 0.6 is 0 Å². The first-order valence-corrected chi connectivity index (χ1v) is 5.53. The quantitative estimate of drug-likeness (QED) is 0.829. The molecule has 1 rings (SSSR count). The predicted molar refractivity (Wildman–Crippen MR) is 60.3 cm³/mol. The molecule has 1 atom stereocenters. The molecule has 7 heteroatoms. The molecular formula is C11H15F3N2O2. The molecule has 2 N–H and O–H groups in total. The van der Waals surface area contributed by atoms with Gasteiger partial charge in [0.05, 0.1) is 6.20 Å². The number of aliphatic hydroxyl groups excluding tert-OH is 1. The molecular weight excluding hydrogens is 249 g/mol. The molecule has 0 aliphatic rings. The number of aliphatic hydroxyl groups is 1. The van der Waals surface area contributed by atoms with Gasteiger partial charge in [-0.3, -0.25) is 0 Å². The Morgan fingerprint density at radius 3 is 2.61 bits per heavy atom. The van der Waals surface area contributed by atoms with E-state index in [2.05, 4.69) is 15.0 Å². The monoisotopic (exact) mass is 264 g/mol. The smallest absolute Gasteiger partial charge is 0.404 e. The molecule has 1 unspecified atom stereocenters. The summed E-state index contributed by atoms with van der Waals surface area (Å²) in [6.45, 7) is 1.98. The third-order valence-corrected chi connectivity index (χ3v) is 2.29. The molecule has 0 saturated heterocycles. The summed E-state index contributed by atoms with van der Waals surface area (Å²) in [6, 6.07) is 2.63. The summed E-state index contributed by atoms with van der Waals surface area (Å²) in [6.07, 6.45) is -2.37. The number of aromatic nitrogens is 1. The minimum absolute atomic E-state index is 0.0388. The molecule has 0 fully saturated rings. The van der Waals surface area contributed by atoms with Gasteiger partial charge >= 0.3 is 6.36 Å². The highest BCUT2D eigenvalue weighted by molar-refractivity contribution is 5.38. The van der Waals surface area contributed by atoms with E-state index in [0.29, 0.717) is 12.2 Å². The van der Waals surface area contributed by atoms with Gasteiger partial charge < -0.3 is 15.2 Å². The fourth-order valence-corrected chi connectivity index (χ4v) is 1.40. The lowest BCUT2D eigenvalue weighted by Crippen LogP contribution is -2.20. The Morgan fingerprint density at radius 1 is 1.44 bits per heavy atom. The molecule has 4 nitrogen and oxygen atoms in total. The van der Waals surface area contributed by atoms with Gasteiger partial charge in [0.2, 0.25) is 0 Å². The van der Waals surface area contributed by atoms with Crippen LogP contribution in [0.4, 0.5) is 19.0 Å². The molecule has 0 spiro atoms. The lowest BCUT2D eigenvalue weighted by atomic mass is 10.1. The van der Waals surface area contributed by atoms with Crippen LogP contribution in [0.25, 0.3) is 0 Å². The minimum atomic E-state index is -4.71. The number of halogens is 3. The Kier molecular flexibility index (Phi) is 5.21. The normalized spacial score (nSPS) is 13.2. The van der Waals surface area contributed by atoms with Gasteiger partial charge in [-0.15, -0.1) is 13.2 Å². The van der Waals surface area contributed by atoms with E-state index in [4.69, 9.17) is 5.11 Å². The van der Waals surface area contributed by atoms with Crippen molar-refractivity contribution in [3.8, 4) is 5.75 Å². The summed E-state index contributed by atoms with van der Waals surface area (Å²) in [5.74, 6) is 0.0908. The maximum absolute atomic E-state index is 11.9. The van der Waals surface area contributed by atoms with Crippen LogP contribution in [0.2, 0.25) is 0 Å². The van der Waals surface area contributed by atoms with Crippen molar-refractivity contribution >= 4 is 5.82 Å². The van der Waals surface area contributed by atoms with Crippen LogP contribution in [0.5, 0.6) is 5.75 Å². The van der Waals surface area contributed by atoms with Gasteiger partial charge in [0.25, 0.3) is 0 Å². The summed E-state index contributed by atoms with van der Waals surface area (Å²) in [4.78, 5) is 3.82. The second kappa shape index (κ2) is 6.44. The van der Waals surface area contributed by atoms with Gasteiger partial charge in [-0.2, -0.15) is 0 Å². The largest absolute Gasteiger partial charge is 0.573 e. The van der Waals surface area contributed by atoms with Crippen molar-refractivity contribution in [3.05, 3.63) is 18.3 Å². The number of alkyl halides is 3. The predicted octanol–water partition coefficient (Wildman–Crippen LogP) is 2.55. The zero-order valence-corrected chi connectivity index (χ0v) is 9.87. The van der Waals surface area contributed by atoms with Crippen LogP contribution in [0, 0.1) is 0 Å². The number of nitrogens with one attached hydrogen (secondary N) is 1. The summed E-state index contributed by atoms with van der Waals surface area (Å²) in [5, 5.41) is 11.8. The van der Waals surface area contributed by atoms with Crippen LogP contribution in [0.1, 0.15) is 19.8 Å². The Labute approximate surface area is 103 Å². The molecule has 0 radical (unpaired) electrons. The molecule has 0 aliphatic carbocycles. The molecule has 1 aromatic heterocycles. The summed E-state index contributed by atoms with van der Waals surface area (Å²) < 4.78 is 39.4. The van der Waals surface area contributed by atoms with Gasteiger partial charge in [-0.05, 0) is 25.0 Å². The minimum Gasteiger partial charge on any atom is -0.404 e. The molecule has 0 saturated carbocycles. The van der Waals surface area contributed by atoms with E-state index in [-0.39, 0.29) is 18.4 Å². The maximum atomic E-state index is 11.9. The first kappa shape index (κ1) is 14.6. The van der Waals surface area contributed by atoms with Crippen LogP contribution in [0.3, 0.4) is 0 Å². The van der Waals surface area contributed by atoms with Crippen molar-refractivity contribution in [2.75, 3.05) is 11.9 Å². The van der Waals surface area contributed by atoms with E-state index < -0.39 is 6.36 Å². The highest BCUT2D eigenvalue weighted by Crippen LogP contribution is 2.22. The first-order valence-electron chi connectivity index (χ1n) is 5.53. The fraction of sp³-hybridized carbons (Fsp3) is 0.545. The number of anilines is 1. The Hall–Kier alpha value is -1.50. The number of hydrogen-bond acceptors (Lipinski definition) is 4. The number of ether oxygens (including phenoxy) is 1. The first-order chi connectivity index (χ1) is 8.44. The third-order valence-electron chi connectivity index (χ3n) is 2.29. The average molecular weight is 264 g/mol. The molecule has 1 aromatic rings. The molecule has 18 heavy (non-hydrogen) atoms. The molecule has 0 amide bonds. The van der Waals surface area contributed by atoms with Gasteiger partial charge in [0, 0.05) is 12.6 Å². The zero-order valence-electron chi connectivity index (χ0n) is 9.87. The van der Waals surface area contributed by atoms with E-state index in [1.807, 2.05) is 6.92 Å². The van der Waals surface area contributed by atoms with Gasteiger partial charge in [0.15, 0.2) is 0 Å². The van der Waals surface area contributed by atoms with E-state index in [1.165, 1.54) is 12.1 Å². The van der Waals surface area contributed by atoms with Crippen molar-refractivity contribution in [1.29, 1.82) is 0 Å².